The largest absolute Gasteiger partial charge is 0.338 e. The molecular weight excluding hydrogens is 307 g/mol. The van der Waals surface area contributed by atoms with Gasteiger partial charge in [-0.05, 0) is 18.2 Å². The molecule has 0 amide bonds. The molecule has 0 saturated carbocycles. The van der Waals surface area contributed by atoms with Gasteiger partial charge in [0.2, 0.25) is 0 Å². The summed E-state index contributed by atoms with van der Waals surface area (Å²) in [6.07, 6.45) is 9.24. The van der Waals surface area contributed by atoms with E-state index < -0.39 is 5.83 Å². The van der Waals surface area contributed by atoms with Gasteiger partial charge in [0.25, 0.3) is 0 Å². The number of allylic oxidation sites excluding steroid dienone is 4. The monoisotopic (exact) mass is 320 g/mol. The lowest BCUT2D eigenvalue weighted by atomic mass is 10.2. The molecular formula is C17H13FN6. The summed E-state index contributed by atoms with van der Waals surface area (Å²) < 4.78 is 13.7. The van der Waals surface area contributed by atoms with Crippen LogP contribution in [0, 0.1) is 0 Å². The fourth-order valence-corrected chi connectivity index (χ4v) is 2.05. The average Bonchev–Trinajstić information content (AvgIpc) is 2.60. The molecule has 0 radical (unpaired) electrons. The van der Waals surface area contributed by atoms with Crippen LogP contribution in [0.5, 0.6) is 0 Å². The molecule has 0 unspecified atom stereocenters. The molecule has 0 bridgehead atoms. The van der Waals surface area contributed by atoms with Crippen LogP contribution in [0.2, 0.25) is 0 Å². The van der Waals surface area contributed by atoms with E-state index in [1.165, 1.54) is 24.5 Å². The van der Waals surface area contributed by atoms with Crippen molar-refractivity contribution in [2.75, 3.05) is 5.32 Å². The molecule has 0 fully saturated rings. The predicted molar refractivity (Wildman–Crippen MR) is 91.1 cm³/mol. The highest BCUT2D eigenvalue weighted by molar-refractivity contribution is 5.87. The second-order valence-corrected chi connectivity index (χ2v) is 4.71. The Morgan fingerprint density at radius 3 is 2.54 bits per heavy atom. The van der Waals surface area contributed by atoms with Gasteiger partial charge in [-0.25, -0.2) is 24.3 Å². The standard InChI is InChI=1S/C17H13FN6/c1-3-4-13(11(2)18)15-23-16-14(20-9-10-21-16)17(24-15)22-12-5-7-19-8-6-12/h3-10H,1-2H2,(H,19,21,22,23,24)/b13-4+. The van der Waals surface area contributed by atoms with Crippen LogP contribution >= 0.6 is 0 Å². The van der Waals surface area contributed by atoms with Gasteiger partial charge < -0.3 is 5.32 Å². The molecule has 7 heteroatoms. The molecule has 0 aliphatic heterocycles. The van der Waals surface area contributed by atoms with Gasteiger partial charge in [-0.3, -0.25) is 4.98 Å². The summed E-state index contributed by atoms with van der Waals surface area (Å²) in [4.78, 5) is 21.0. The zero-order chi connectivity index (χ0) is 16.9. The Morgan fingerprint density at radius 1 is 1.08 bits per heavy atom. The molecule has 3 aromatic heterocycles. The van der Waals surface area contributed by atoms with Crippen LogP contribution < -0.4 is 5.32 Å². The summed E-state index contributed by atoms with van der Waals surface area (Å²) in [5.41, 5.74) is 1.71. The van der Waals surface area contributed by atoms with Crippen LogP contribution in [0.25, 0.3) is 16.7 Å². The summed E-state index contributed by atoms with van der Waals surface area (Å²) in [7, 11) is 0. The molecule has 0 aromatic carbocycles. The minimum atomic E-state index is -0.659. The fourth-order valence-electron chi connectivity index (χ4n) is 2.05. The van der Waals surface area contributed by atoms with Gasteiger partial charge in [0.05, 0.1) is 5.57 Å². The fraction of sp³-hybridized carbons (Fsp3) is 0. The maximum absolute atomic E-state index is 13.7. The minimum Gasteiger partial charge on any atom is -0.338 e. The second-order valence-electron chi connectivity index (χ2n) is 4.71. The Hall–Kier alpha value is -3.48. The maximum Gasteiger partial charge on any atom is 0.184 e. The molecule has 3 aromatic rings. The number of hydrogen-bond acceptors (Lipinski definition) is 6. The third-order valence-corrected chi connectivity index (χ3v) is 3.09. The van der Waals surface area contributed by atoms with Crippen LogP contribution in [0.4, 0.5) is 15.9 Å². The third kappa shape index (κ3) is 3.14. The molecule has 3 rings (SSSR count). The maximum atomic E-state index is 13.7. The second kappa shape index (κ2) is 6.74. The summed E-state index contributed by atoms with van der Waals surface area (Å²) in [6.45, 7) is 6.89. The van der Waals surface area contributed by atoms with Crippen molar-refractivity contribution >= 4 is 28.2 Å². The number of anilines is 2. The van der Waals surface area contributed by atoms with Gasteiger partial charge >= 0.3 is 0 Å². The van der Waals surface area contributed by atoms with Gasteiger partial charge in [-0.1, -0.05) is 19.2 Å². The van der Waals surface area contributed by atoms with Crippen molar-refractivity contribution in [1.82, 2.24) is 24.9 Å². The van der Waals surface area contributed by atoms with Crippen molar-refractivity contribution in [3.05, 3.63) is 73.9 Å². The van der Waals surface area contributed by atoms with E-state index in [2.05, 4.69) is 43.4 Å². The lowest BCUT2D eigenvalue weighted by molar-refractivity contribution is 0.676. The topological polar surface area (TPSA) is 76.5 Å². The molecule has 6 nitrogen and oxygen atoms in total. The van der Waals surface area contributed by atoms with E-state index in [4.69, 9.17) is 0 Å². The Morgan fingerprint density at radius 2 is 1.83 bits per heavy atom. The number of rotatable bonds is 5. The van der Waals surface area contributed by atoms with Crippen molar-refractivity contribution in [2.45, 2.75) is 0 Å². The van der Waals surface area contributed by atoms with Gasteiger partial charge in [0, 0.05) is 30.5 Å². The third-order valence-electron chi connectivity index (χ3n) is 3.09. The van der Waals surface area contributed by atoms with Crippen LogP contribution in [-0.4, -0.2) is 24.9 Å². The zero-order valence-corrected chi connectivity index (χ0v) is 12.6. The van der Waals surface area contributed by atoms with Gasteiger partial charge in [0.1, 0.15) is 5.83 Å². The minimum absolute atomic E-state index is 0.135. The predicted octanol–water partition coefficient (Wildman–Crippen LogP) is 3.61. The highest BCUT2D eigenvalue weighted by Crippen LogP contribution is 2.26. The highest BCUT2D eigenvalue weighted by Gasteiger charge is 2.15. The SMILES string of the molecule is C=C/C=C(\C(=C)F)c1nc(Nc2ccncc2)c2nccnc2n1. The summed E-state index contributed by atoms with van der Waals surface area (Å²) in [5.74, 6) is -0.106. The summed E-state index contributed by atoms with van der Waals surface area (Å²) in [5, 5.41) is 3.12. The smallest absolute Gasteiger partial charge is 0.184 e. The normalized spacial score (nSPS) is 11.3. The van der Waals surface area contributed by atoms with Crippen molar-refractivity contribution < 1.29 is 4.39 Å². The quantitative estimate of drug-likeness (QED) is 0.724. The van der Waals surface area contributed by atoms with Crippen LogP contribution in [0.1, 0.15) is 5.82 Å². The Bertz CT molecular complexity index is 936. The first-order valence-corrected chi connectivity index (χ1v) is 7.02. The van der Waals surface area contributed by atoms with Crippen molar-refractivity contribution in [2.24, 2.45) is 0 Å². The van der Waals surface area contributed by atoms with Crippen LogP contribution in [-0.2, 0) is 0 Å². The van der Waals surface area contributed by atoms with E-state index in [0.29, 0.717) is 17.0 Å². The Labute approximate surface area is 137 Å². The van der Waals surface area contributed by atoms with E-state index in [9.17, 15) is 4.39 Å². The molecule has 0 aliphatic carbocycles. The summed E-state index contributed by atoms with van der Waals surface area (Å²) in [6, 6.07) is 3.55. The van der Waals surface area contributed by atoms with E-state index in [1.807, 2.05) is 0 Å². The molecule has 118 valence electrons. The number of aromatic nitrogens is 5. The molecule has 0 spiro atoms. The first-order valence-electron chi connectivity index (χ1n) is 7.02. The van der Waals surface area contributed by atoms with E-state index >= 15 is 0 Å². The molecule has 24 heavy (non-hydrogen) atoms. The van der Waals surface area contributed by atoms with Crippen molar-refractivity contribution in [3.63, 3.8) is 0 Å². The lowest BCUT2D eigenvalue weighted by Crippen LogP contribution is -2.04. The van der Waals surface area contributed by atoms with Gasteiger partial charge in [0.15, 0.2) is 22.8 Å². The van der Waals surface area contributed by atoms with Gasteiger partial charge in [-0.15, -0.1) is 0 Å². The molecule has 0 saturated heterocycles. The molecule has 0 atom stereocenters. The van der Waals surface area contributed by atoms with Crippen LogP contribution in [0.3, 0.4) is 0 Å². The number of hydrogen-bond donors (Lipinski definition) is 1. The lowest BCUT2D eigenvalue weighted by Gasteiger charge is -2.10. The number of halogens is 1. The molecule has 0 aliphatic rings. The molecule has 3 heterocycles. The van der Waals surface area contributed by atoms with E-state index in [0.717, 1.165) is 5.69 Å². The number of pyridine rings is 1. The first-order chi connectivity index (χ1) is 11.7. The number of nitrogens with zero attached hydrogens (tertiary/aromatic N) is 5. The Kier molecular flexibility index (Phi) is 4.33. The van der Waals surface area contributed by atoms with E-state index in [1.54, 1.807) is 24.5 Å². The van der Waals surface area contributed by atoms with Crippen molar-refractivity contribution in [3.8, 4) is 0 Å². The average molecular weight is 320 g/mol. The zero-order valence-electron chi connectivity index (χ0n) is 12.6. The molecule has 1 N–H and O–H groups in total. The van der Waals surface area contributed by atoms with Crippen molar-refractivity contribution in [1.29, 1.82) is 0 Å². The van der Waals surface area contributed by atoms with Gasteiger partial charge in [-0.2, -0.15) is 0 Å². The Balaban J connectivity index is 2.18. The van der Waals surface area contributed by atoms with E-state index in [-0.39, 0.29) is 11.4 Å². The summed E-state index contributed by atoms with van der Waals surface area (Å²) >= 11 is 0. The van der Waals surface area contributed by atoms with Crippen LogP contribution in [0.15, 0.2) is 68.1 Å². The number of fused-ring (bicyclic) bond motifs is 1. The highest BCUT2D eigenvalue weighted by atomic mass is 19.1. The number of nitrogens with one attached hydrogen (secondary N) is 1. The first kappa shape index (κ1) is 15.4.